The van der Waals surface area contributed by atoms with Crippen molar-refractivity contribution in [3.8, 4) is 0 Å². The molecule has 0 saturated carbocycles. The summed E-state index contributed by atoms with van der Waals surface area (Å²) in [4.78, 5) is 22.0. The Kier molecular flexibility index (Phi) is 5.00. The van der Waals surface area contributed by atoms with E-state index in [9.17, 15) is 9.59 Å². The van der Waals surface area contributed by atoms with Gasteiger partial charge in [0.1, 0.15) is 6.61 Å². The number of primary amides is 1. The van der Waals surface area contributed by atoms with E-state index in [1.54, 1.807) is 6.92 Å². The number of nitrogens with one attached hydrogen (secondary N) is 1. The molecule has 1 rings (SSSR count). The quantitative estimate of drug-likeness (QED) is 0.801. The number of amides is 2. The van der Waals surface area contributed by atoms with E-state index < -0.39 is 17.9 Å². The van der Waals surface area contributed by atoms with Gasteiger partial charge in [-0.05, 0) is 5.56 Å². The molecule has 0 bridgehead atoms. The first-order chi connectivity index (χ1) is 8.09. The Morgan fingerprint density at radius 3 is 2.59 bits per heavy atom. The summed E-state index contributed by atoms with van der Waals surface area (Å²) in [6.07, 6.45) is -0.554. The second kappa shape index (κ2) is 6.52. The van der Waals surface area contributed by atoms with Crippen LogP contribution < -0.4 is 11.1 Å². The van der Waals surface area contributed by atoms with Gasteiger partial charge < -0.3 is 15.8 Å². The number of benzene rings is 1. The van der Waals surface area contributed by atoms with Crippen molar-refractivity contribution in [2.45, 2.75) is 13.5 Å². The lowest BCUT2D eigenvalue weighted by atomic mass is 10.2. The number of hydrogen-bond acceptors (Lipinski definition) is 3. The molecule has 0 radical (unpaired) electrons. The van der Waals surface area contributed by atoms with Gasteiger partial charge >= 0.3 is 6.09 Å². The highest BCUT2D eigenvalue weighted by Crippen LogP contribution is 2.00. The van der Waals surface area contributed by atoms with Gasteiger partial charge in [0.25, 0.3) is 0 Å². The molecule has 0 aromatic heterocycles. The van der Waals surface area contributed by atoms with Crippen LogP contribution in [0.3, 0.4) is 0 Å². The monoisotopic (exact) mass is 236 g/mol. The van der Waals surface area contributed by atoms with Crippen molar-refractivity contribution >= 4 is 12.0 Å². The van der Waals surface area contributed by atoms with E-state index in [0.29, 0.717) is 0 Å². The SMILES string of the molecule is CC(CNC(=O)OCc1ccccc1)C(N)=O. The Hall–Kier alpha value is -2.04. The van der Waals surface area contributed by atoms with Crippen LogP contribution in [-0.2, 0) is 16.1 Å². The van der Waals surface area contributed by atoms with Crippen LogP contribution in [-0.4, -0.2) is 18.5 Å². The van der Waals surface area contributed by atoms with Crippen LogP contribution in [0.1, 0.15) is 12.5 Å². The maximum Gasteiger partial charge on any atom is 0.407 e. The zero-order valence-corrected chi connectivity index (χ0v) is 9.68. The summed E-state index contributed by atoms with van der Waals surface area (Å²) in [6.45, 7) is 2.03. The largest absolute Gasteiger partial charge is 0.445 e. The summed E-state index contributed by atoms with van der Waals surface area (Å²) in [5.74, 6) is -0.854. The Morgan fingerprint density at radius 1 is 1.35 bits per heavy atom. The predicted octanol–water partition coefficient (Wildman–Crippen LogP) is 1.03. The van der Waals surface area contributed by atoms with Crippen molar-refractivity contribution < 1.29 is 14.3 Å². The highest BCUT2D eigenvalue weighted by Gasteiger charge is 2.10. The third kappa shape index (κ3) is 5.01. The molecule has 1 unspecified atom stereocenters. The summed E-state index contributed by atoms with van der Waals surface area (Å²) in [7, 11) is 0. The molecule has 0 aliphatic rings. The molecule has 3 N–H and O–H groups in total. The van der Waals surface area contributed by atoms with Crippen LogP contribution >= 0.6 is 0 Å². The molecule has 17 heavy (non-hydrogen) atoms. The Bertz CT molecular complexity index is 379. The van der Waals surface area contributed by atoms with Crippen LogP contribution in [0.4, 0.5) is 4.79 Å². The van der Waals surface area contributed by atoms with Crippen LogP contribution in [0.25, 0.3) is 0 Å². The zero-order valence-electron chi connectivity index (χ0n) is 9.68. The van der Waals surface area contributed by atoms with Crippen LogP contribution in [0, 0.1) is 5.92 Å². The normalized spacial score (nSPS) is 11.6. The standard InChI is InChI=1S/C12H16N2O3/c1-9(11(13)15)7-14-12(16)17-8-10-5-3-2-4-6-10/h2-6,9H,7-8H2,1H3,(H2,13,15)(H,14,16). The van der Waals surface area contributed by atoms with Gasteiger partial charge in [-0.1, -0.05) is 37.3 Å². The molecule has 0 fully saturated rings. The van der Waals surface area contributed by atoms with E-state index in [4.69, 9.17) is 10.5 Å². The first-order valence-electron chi connectivity index (χ1n) is 5.33. The van der Waals surface area contributed by atoms with Crippen molar-refractivity contribution in [1.29, 1.82) is 0 Å². The zero-order chi connectivity index (χ0) is 12.7. The molecule has 2 amide bonds. The van der Waals surface area contributed by atoms with Crippen LogP contribution in [0.5, 0.6) is 0 Å². The molecule has 0 aliphatic heterocycles. The average Bonchev–Trinajstić information content (AvgIpc) is 2.34. The molecule has 0 heterocycles. The summed E-state index contributed by atoms with van der Waals surface area (Å²) in [5.41, 5.74) is 5.96. The second-order valence-electron chi connectivity index (χ2n) is 3.75. The Balaban J connectivity index is 2.24. The van der Waals surface area contributed by atoms with E-state index in [0.717, 1.165) is 5.56 Å². The highest BCUT2D eigenvalue weighted by atomic mass is 16.5. The lowest BCUT2D eigenvalue weighted by Crippen LogP contribution is -2.34. The fourth-order valence-electron chi connectivity index (χ4n) is 1.11. The number of ether oxygens (including phenoxy) is 1. The Morgan fingerprint density at radius 2 is 2.00 bits per heavy atom. The van der Waals surface area contributed by atoms with Crippen LogP contribution in [0.2, 0.25) is 0 Å². The number of hydrogen-bond donors (Lipinski definition) is 2. The number of alkyl carbamates (subject to hydrolysis) is 1. The molecule has 92 valence electrons. The fourth-order valence-corrected chi connectivity index (χ4v) is 1.11. The minimum absolute atomic E-state index is 0.183. The van der Waals surface area contributed by atoms with Gasteiger partial charge in [0, 0.05) is 6.54 Å². The van der Waals surface area contributed by atoms with E-state index in [-0.39, 0.29) is 13.2 Å². The summed E-state index contributed by atoms with van der Waals surface area (Å²) in [5, 5.41) is 2.47. The minimum atomic E-state index is -0.554. The van der Waals surface area contributed by atoms with E-state index in [2.05, 4.69) is 5.32 Å². The fraction of sp³-hybridized carbons (Fsp3) is 0.333. The van der Waals surface area contributed by atoms with Gasteiger partial charge in [0.05, 0.1) is 5.92 Å². The molecule has 0 aliphatic carbocycles. The Labute approximate surface area is 99.9 Å². The van der Waals surface area contributed by atoms with Crippen molar-refractivity contribution in [1.82, 2.24) is 5.32 Å². The maximum atomic E-state index is 11.3. The van der Waals surface area contributed by atoms with E-state index >= 15 is 0 Å². The maximum absolute atomic E-state index is 11.3. The molecule has 1 atom stereocenters. The summed E-state index contributed by atoms with van der Waals surface area (Å²) >= 11 is 0. The smallest absolute Gasteiger partial charge is 0.407 e. The van der Waals surface area contributed by atoms with E-state index in [1.165, 1.54) is 0 Å². The van der Waals surface area contributed by atoms with Gasteiger partial charge in [-0.2, -0.15) is 0 Å². The topological polar surface area (TPSA) is 81.4 Å². The van der Waals surface area contributed by atoms with Gasteiger partial charge in [-0.15, -0.1) is 0 Å². The lowest BCUT2D eigenvalue weighted by Gasteiger charge is -2.09. The average molecular weight is 236 g/mol. The van der Waals surface area contributed by atoms with Crippen LogP contribution in [0.15, 0.2) is 30.3 Å². The molecule has 1 aromatic carbocycles. The first-order valence-corrected chi connectivity index (χ1v) is 5.33. The number of carbonyl (C=O) groups excluding carboxylic acids is 2. The minimum Gasteiger partial charge on any atom is -0.445 e. The first kappa shape index (κ1) is 13.0. The van der Waals surface area contributed by atoms with Crippen molar-refractivity contribution in [3.63, 3.8) is 0 Å². The third-order valence-corrected chi connectivity index (χ3v) is 2.25. The van der Waals surface area contributed by atoms with Gasteiger partial charge in [-0.25, -0.2) is 4.79 Å². The summed E-state index contributed by atoms with van der Waals surface area (Å²) in [6, 6.07) is 9.34. The molecular formula is C12H16N2O3. The second-order valence-corrected chi connectivity index (χ2v) is 3.75. The third-order valence-electron chi connectivity index (χ3n) is 2.25. The molecule has 5 nitrogen and oxygen atoms in total. The molecular weight excluding hydrogens is 220 g/mol. The molecule has 0 spiro atoms. The number of rotatable bonds is 5. The van der Waals surface area contributed by atoms with Crippen molar-refractivity contribution in [3.05, 3.63) is 35.9 Å². The van der Waals surface area contributed by atoms with Gasteiger partial charge in [0.2, 0.25) is 5.91 Å². The van der Waals surface area contributed by atoms with Crippen molar-refractivity contribution in [2.24, 2.45) is 11.7 Å². The number of carbonyl (C=O) groups is 2. The van der Waals surface area contributed by atoms with Gasteiger partial charge in [-0.3, -0.25) is 4.79 Å². The highest BCUT2D eigenvalue weighted by molar-refractivity contribution is 5.77. The van der Waals surface area contributed by atoms with Gasteiger partial charge in [0.15, 0.2) is 0 Å². The lowest BCUT2D eigenvalue weighted by molar-refractivity contribution is -0.121. The predicted molar refractivity (Wildman–Crippen MR) is 63.0 cm³/mol. The number of nitrogens with two attached hydrogens (primary N) is 1. The molecule has 1 aromatic rings. The molecule has 5 heteroatoms. The van der Waals surface area contributed by atoms with E-state index in [1.807, 2.05) is 30.3 Å². The molecule has 0 saturated heterocycles. The summed E-state index contributed by atoms with van der Waals surface area (Å²) < 4.78 is 4.96. The van der Waals surface area contributed by atoms with Crippen molar-refractivity contribution in [2.75, 3.05) is 6.54 Å².